The highest BCUT2D eigenvalue weighted by molar-refractivity contribution is 8.13. The van der Waals surface area contributed by atoms with Gasteiger partial charge in [-0.3, -0.25) is 0 Å². The lowest BCUT2D eigenvalue weighted by Gasteiger charge is -2.49. The van der Waals surface area contributed by atoms with Crippen LogP contribution >= 0.6 is 23.1 Å². The van der Waals surface area contributed by atoms with Gasteiger partial charge < -0.3 is 0 Å². The molecule has 0 amide bonds. The van der Waals surface area contributed by atoms with Gasteiger partial charge in [-0.25, -0.2) is 0 Å². The maximum Gasteiger partial charge on any atom is 0.0600 e. The van der Waals surface area contributed by atoms with E-state index in [1.807, 2.05) is 11.3 Å². The number of hydrogen-bond acceptors (Lipinski definition) is 2. The second kappa shape index (κ2) is 4.65. The van der Waals surface area contributed by atoms with Crippen LogP contribution in [-0.2, 0) is 0 Å². The largest absolute Gasteiger partial charge is 0.143 e. The van der Waals surface area contributed by atoms with Crippen LogP contribution in [0.1, 0.15) is 11.3 Å². The van der Waals surface area contributed by atoms with E-state index in [0.29, 0.717) is 3.99 Å². The van der Waals surface area contributed by atoms with E-state index >= 15 is 0 Å². The molecule has 1 aliphatic rings. The molecule has 0 atom stereocenters. The molecule has 0 fully saturated rings. The average Bonchev–Trinajstić information content (AvgIpc) is 2.84. The highest BCUT2D eigenvalue weighted by Gasteiger charge is 2.54. The zero-order chi connectivity index (χ0) is 13.6. The summed E-state index contributed by atoms with van der Waals surface area (Å²) in [4.78, 5) is 3.02. The second-order valence-electron chi connectivity index (χ2n) is 7.18. The average molecular weight is 313 g/mol. The van der Waals surface area contributed by atoms with Crippen LogP contribution in [-0.4, -0.2) is 20.1 Å². The Balaban J connectivity index is 2.35. The summed E-state index contributed by atoms with van der Waals surface area (Å²) in [6, 6.07) is 4.44. The first-order chi connectivity index (χ1) is 8.17. The van der Waals surface area contributed by atoms with E-state index in [-0.39, 0.29) is 0 Å². The van der Waals surface area contributed by atoms with Crippen molar-refractivity contribution >= 4 is 44.2 Å². The van der Waals surface area contributed by atoms with Gasteiger partial charge >= 0.3 is 0 Å². The molecule has 0 N–H and O–H groups in total. The summed E-state index contributed by atoms with van der Waals surface area (Å²) in [5.74, 6) is 0. The van der Waals surface area contributed by atoms with Crippen LogP contribution in [0.25, 0.3) is 4.91 Å². The molecule has 0 spiro atoms. The SMILES string of the molecule is C[Si](C)(C)C1([Si](C)(C)C)CC=C(c2cccs2)S1. The number of thiophene rings is 1. The van der Waals surface area contributed by atoms with Crippen molar-refractivity contribution in [3.63, 3.8) is 0 Å². The highest BCUT2D eigenvalue weighted by Crippen LogP contribution is 2.56. The van der Waals surface area contributed by atoms with Crippen molar-refractivity contribution in [2.45, 2.75) is 49.7 Å². The van der Waals surface area contributed by atoms with Crippen molar-refractivity contribution in [3.05, 3.63) is 28.5 Å². The maximum absolute atomic E-state index is 2.56. The van der Waals surface area contributed by atoms with E-state index in [0.717, 1.165) is 0 Å². The molecule has 2 heterocycles. The minimum atomic E-state index is -1.19. The fourth-order valence-corrected chi connectivity index (χ4v) is 18.5. The molecule has 0 aromatic carbocycles. The van der Waals surface area contributed by atoms with Gasteiger partial charge in [0.25, 0.3) is 0 Å². The predicted octanol–water partition coefficient (Wildman–Crippen LogP) is 5.72. The lowest BCUT2D eigenvalue weighted by Crippen LogP contribution is -2.63. The number of rotatable bonds is 3. The smallest absolute Gasteiger partial charge is 0.0600 e. The normalized spacial score (nSPS) is 20.0. The highest BCUT2D eigenvalue weighted by atomic mass is 32.2. The van der Waals surface area contributed by atoms with Crippen molar-refractivity contribution in [3.8, 4) is 0 Å². The van der Waals surface area contributed by atoms with E-state index in [4.69, 9.17) is 0 Å². The summed E-state index contributed by atoms with van der Waals surface area (Å²) >= 11 is 4.11. The van der Waals surface area contributed by atoms with Crippen LogP contribution in [0, 0.1) is 0 Å². The molecule has 0 unspecified atom stereocenters. The summed E-state index contributed by atoms with van der Waals surface area (Å²) in [6.07, 6.45) is 3.82. The van der Waals surface area contributed by atoms with Gasteiger partial charge in [0.05, 0.1) is 16.1 Å². The van der Waals surface area contributed by atoms with Crippen molar-refractivity contribution < 1.29 is 0 Å². The Bertz CT molecular complexity index is 433. The van der Waals surface area contributed by atoms with E-state index in [1.165, 1.54) is 11.3 Å². The first kappa shape index (κ1) is 14.6. The zero-order valence-corrected chi connectivity index (χ0v) is 16.0. The summed E-state index contributed by atoms with van der Waals surface area (Å²) < 4.78 is 0.569. The summed E-state index contributed by atoms with van der Waals surface area (Å²) in [7, 11) is -2.37. The molecule has 0 saturated carbocycles. The molecular weight excluding hydrogens is 288 g/mol. The number of thioether (sulfide) groups is 1. The van der Waals surface area contributed by atoms with Crippen LogP contribution in [0.5, 0.6) is 0 Å². The third-order valence-electron chi connectivity index (χ3n) is 4.05. The quantitative estimate of drug-likeness (QED) is 0.643. The summed E-state index contributed by atoms with van der Waals surface area (Å²) in [6.45, 7) is 15.4. The van der Waals surface area contributed by atoms with Crippen molar-refractivity contribution in [1.82, 2.24) is 0 Å². The third kappa shape index (κ3) is 2.32. The molecule has 0 bridgehead atoms. The molecule has 1 aromatic rings. The van der Waals surface area contributed by atoms with Crippen LogP contribution < -0.4 is 0 Å². The van der Waals surface area contributed by atoms with Gasteiger partial charge in [0.15, 0.2) is 0 Å². The minimum absolute atomic E-state index is 0.569. The fourth-order valence-electron chi connectivity index (χ4n) is 3.12. The Morgan fingerprint density at radius 2 is 1.67 bits per heavy atom. The molecule has 1 aromatic heterocycles. The monoisotopic (exact) mass is 312 g/mol. The summed E-state index contributed by atoms with van der Waals surface area (Å²) in [5, 5.41) is 2.19. The van der Waals surface area contributed by atoms with Crippen molar-refractivity contribution in [2.24, 2.45) is 0 Å². The first-order valence-corrected chi connectivity index (χ1v) is 15.3. The molecule has 4 heteroatoms. The zero-order valence-electron chi connectivity index (χ0n) is 12.3. The van der Waals surface area contributed by atoms with Gasteiger partial charge in [-0.15, -0.1) is 23.1 Å². The van der Waals surface area contributed by atoms with Gasteiger partial charge in [-0.05, 0) is 17.9 Å². The minimum Gasteiger partial charge on any atom is -0.143 e. The van der Waals surface area contributed by atoms with Gasteiger partial charge in [-0.2, -0.15) is 0 Å². The Kier molecular flexibility index (Phi) is 3.78. The van der Waals surface area contributed by atoms with Crippen LogP contribution in [0.15, 0.2) is 23.6 Å². The Morgan fingerprint density at radius 1 is 1.06 bits per heavy atom. The van der Waals surface area contributed by atoms with Crippen LogP contribution in [0.4, 0.5) is 0 Å². The molecule has 0 nitrogen and oxygen atoms in total. The van der Waals surface area contributed by atoms with E-state index in [2.05, 4.69) is 74.6 Å². The van der Waals surface area contributed by atoms with Crippen LogP contribution in [0.2, 0.25) is 39.3 Å². The maximum atomic E-state index is 2.56. The van der Waals surface area contributed by atoms with Crippen LogP contribution in [0.3, 0.4) is 0 Å². The first-order valence-electron chi connectivity index (χ1n) is 6.60. The van der Waals surface area contributed by atoms with Gasteiger partial charge in [0.1, 0.15) is 0 Å². The van der Waals surface area contributed by atoms with Gasteiger partial charge in [0.2, 0.25) is 0 Å². The number of hydrogen-bond donors (Lipinski definition) is 0. The molecule has 2 rings (SSSR count). The molecular formula is C14H24S2Si2. The predicted molar refractivity (Wildman–Crippen MR) is 93.9 cm³/mol. The lowest BCUT2D eigenvalue weighted by molar-refractivity contribution is 1.00. The van der Waals surface area contributed by atoms with Crippen molar-refractivity contribution in [2.75, 3.05) is 0 Å². The molecule has 0 aliphatic carbocycles. The molecule has 18 heavy (non-hydrogen) atoms. The van der Waals surface area contributed by atoms with E-state index in [9.17, 15) is 0 Å². The Hall–Kier alpha value is 0.224. The fraction of sp³-hybridized carbons (Fsp3) is 0.571. The second-order valence-corrected chi connectivity index (χ2v) is 21.4. The standard InChI is InChI=1S/C14H24S2Si2/c1-17(2,3)14(18(4,5)6)10-9-13(16-14)12-8-7-11-15-12/h7-9,11H,10H2,1-6H3. The van der Waals surface area contributed by atoms with E-state index < -0.39 is 16.1 Å². The van der Waals surface area contributed by atoms with Crippen molar-refractivity contribution in [1.29, 1.82) is 0 Å². The number of allylic oxidation sites excluding steroid dienone is 1. The molecule has 0 saturated heterocycles. The molecule has 0 radical (unpaired) electrons. The Labute approximate surface area is 122 Å². The van der Waals surface area contributed by atoms with E-state index in [1.54, 1.807) is 4.91 Å². The van der Waals surface area contributed by atoms with Gasteiger partial charge in [-0.1, -0.05) is 51.4 Å². The summed E-state index contributed by atoms with van der Waals surface area (Å²) in [5.41, 5.74) is 0. The van der Waals surface area contributed by atoms with Gasteiger partial charge in [0, 0.05) is 13.8 Å². The molecule has 1 aliphatic heterocycles. The lowest BCUT2D eigenvalue weighted by atomic mass is 10.3. The third-order valence-corrected chi connectivity index (χ3v) is 20.2. The topological polar surface area (TPSA) is 0 Å². The molecule has 100 valence electrons. The Morgan fingerprint density at radius 3 is 2.06 bits per heavy atom.